The molecule has 2 heterocycles. The summed E-state index contributed by atoms with van der Waals surface area (Å²) in [6.45, 7) is 9.06. The third-order valence-corrected chi connectivity index (χ3v) is 3.61. The zero-order valence-electron chi connectivity index (χ0n) is 13.4. The Balaban J connectivity index is 2.00. The number of nitrogens with zero attached hydrogens (tertiary/aromatic N) is 4. The summed E-state index contributed by atoms with van der Waals surface area (Å²) in [5.74, 6) is 1.04. The minimum absolute atomic E-state index is 0.0936. The van der Waals surface area contributed by atoms with Gasteiger partial charge in [0.25, 0.3) is 5.91 Å². The van der Waals surface area contributed by atoms with Gasteiger partial charge in [-0.05, 0) is 5.92 Å². The third kappa shape index (κ3) is 4.16. The quantitative estimate of drug-likeness (QED) is 0.878. The number of amides is 2. The number of hydrogen-bond acceptors (Lipinski definition) is 5. The summed E-state index contributed by atoms with van der Waals surface area (Å²) in [5, 5.41) is 2.85. The van der Waals surface area contributed by atoms with Crippen LogP contribution < -0.4 is 10.2 Å². The van der Waals surface area contributed by atoms with Crippen LogP contribution in [-0.2, 0) is 4.79 Å². The highest BCUT2D eigenvalue weighted by Crippen LogP contribution is 2.14. The van der Waals surface area contributed by atoms with Gasteiger partial charge in [0.1, 0.15) is 17.8 Å². The second kappa shape index (κ2) is 7.20. The van der Waals surface area contributed by atoms with E-state index in [9.17, 15) is 9.59 Å². The van der Waals surface area contributed by atoms with E-state index in [2.05, 4.69) is 20.2 Å². The fourth-order valence-corrected chi connectivity index (χ4v) is 2.28. The van der Waals surface area contributed by atoms with Gasteiger partial charge in [-0.1, -0.05) is 13.8 Å². The molecular weight excluding hydrogens is 282 g/mol. The van der Waals surface area contributed by atoms with Gasteiger partial charge in [-0.2, -0.15) is 0 Å². The molecule has 0 saturated carbocycles. The van der Waals surface area contributed by atoms with Gasteiger partial charge in [0.15, 0.2) is 0 Å². The van der Waals surface area contributed by atoms with Crippen LogP contribution in [0.1, 0.15) is 31.3 Å². The summed E-state index contributed by atoms with van der Waals surface area (Å²) in [5.41, 5.74) is 0.375. The molecule has 1 aliphatic rings. The molecule has 120 valence electrons. The molecule has 0 aliphatic carbocycles. The van der Waals surface area contributed by atoms with E-state index in [1.54, 1.807) is 13.0 Å². The Morgan fingerprint density at radius 3 is 2.50 bits per heavy atom. The number of carbonyl (C=O) groups excluding carboxylic acids is 2. The number of carbonyl (C=O) groups is 2. The summed E-state index contributed by atoms with van der Waals surface area (Å²) >= 11 is 0. The van der Waals surface area contributed by atoms with Gasteiger partial charge in [-0.15, -0.1) is 0 Å². The van der Waals surface area contributed by atoms with Crippen molar-refractivity contribution >= 4 is 17.6 Å². The molecule has 2 amide bonds. The normalized spacial score (nSPS) is 15.1. The van der Waals surface area contributed by atoms with Crippen LogP contribution in [0, 0.1) is 5.92 Å². The van der Waals surface area contributed by atoms with Crippen LogP contribution in [0.3, 0.4) is 0 Å². The molecule has 7 heteroatoms. The lowest BCUT2D eigenvalue weighted by Crippen LogP contribution is -2.48. The molecule has 0 radical (unpaired) electrons. The molecule has 0 unspecified atom stereocenters. The fraction of sp³-hybridized carbons (Fsp3) is 0.600. The fourth-order valence-electron chi connectivity index (χ4n) is 2.28. The third-order valence-electron chi connectivity index (χ3n) is 3.61. The summed E-state index contributed by atoms with van der Waals surface area (Å²) in [4.78, 5) is 35.6. The molecule has 1 N–H and O–H groups in total. The van der Waals surface area contributed by atoms with Gasteiger partial charge in [0.05, 0.1) is 0 Å². The average molecular weight is 305 g/mol. The van der Waals surface area contributed by atoms with Crippen molar-refractivity contribution in [1.82, 2.24) is 20.2 Å². The molecular formula is C15H23N5O2. The molecule has 7 nitrogen and oxygen atoms in total. The monoisotopic (exact) mass is 305 g/mol. The lowest BCUT2D eigenvalue weighted by Gasteiger charge is -2.34. The van der Waals surface area contributed by atoms with Crippen molar-refractivity contribution < 1.29 is 9.59 Å². The zero-order valence-corrected chi connectivity index (χ0v) is 13.4. The van der Waals surface area contributed by atoms with Gasteiger partial charge in [-0.25, -0.2) is 9.97 Å². The first kappa shape index (κ1) is 16.2. The first-order valence-electron chi connectivity index (χ1n) is 7.58. The molecule has 1 saturated heterocycles. The standard InChI is InChI=1S/C15H23N5O2/c1-11(2)9-16-15(22)13-8-14(18-10-17-13)20-6-4-19(5-7-20)12(3)21/h8,10-11H,4-7,9H2,1-3H3,(H,16,22). The largest absolute Gasteiger partial charge is 0.353 e. The molecule has 1 fully saturated rings. The second-order valence-corrected chi connectivity index (χ2v) is 5.86. The smallest absolute Gasteiger partial charge is 0.270 e. The van der Waals surface area contributed by atoms with Crippen LogP contribution in [0.4, 0.5) is 5.82 Å². The zero-order chi connectivity index (χ0) is 16.1. The first-order valence-corrected chi connectivity index (χ1v) is 7.58. The molecule has 2 rings (SSSR count). The maximum Gasteiger partial charge on any atom is 0.270 e. The van der Waals surface area contributed by atoms with E-state index in [0.717, 1.165) is 5.82 Å². The van der Waals surface area contributed by atoms with Crippen molar-refractivity contribution in [2.24, 2.45) is 5.92 Å². The topological polar surface area (TPSA) is 78.4 Å². The van der Waals surface area contributed by atoms with E-state index in [1.165, 1.54) is 6.33 Å². The van der Waals surface area contributed by atoms with E-state index >= 15 is 0 Å². The molecule has 1 aromatic rings. The SMILES string of the molecule is CC(=O)N1CCN(c2cc(C(=O)NCC(C)C)ncn2)CC1. The van der Waals surface area contributed by atoms with Crippen molar-refractivity contribution in [2.45, 2.75) is 20.8 Å². The predicted molar refractivity (Wildman–Crippen MR) is 83.7 cm³/mol. The Morgan fingerprint density at radius 2 is 1.91 bits per heavy atom. The maximum absolute atomic E-state index is 12.1. The summed E-state index contributed by atoms with van der Waals surface area (Å²) in [6.07, 6.45) is 1.41. The van der Waals surface area contributed by atoms with Crippen LogP contribution in [0.15, 0.2) is 12.4 Å². The van der Waals surface area contributed by atoms with E-state index in [0.29, 0.717) is 44.3 Å². The molecule has 0 spiro atoms. The summed E-state index contributed by atoms with van der Waals surface area (Å²) < 4.78 is 0. The first-order chi connectivity index (χ1) is 10.5. The minimum atomic E-state index is -0.181. The Morgan fingerprint density at radius 1 is 1.23 bits per heavy atom. The van der Waals surface area contributed by atoms with Gasteiger partial charge in [-0.3, -0.25) is 9.59 Å². The number of anilines is 1. The minimum Gasteiger partial charge on any atom is -0.353 e. The van der Waals surface area contributed by atoms with Crippen LogP contribution in [0.5, 0.6) is 0 Å². The van der Waals surface area contributed by atoms with Crippen LogP contribution in [0.25, 0.3) is 0 Å². The maximum atomic E-state index is 12.1. The molecule has 1 aromatic heterocycles. The van der Waals surface area contributed by atoms with Crippen molar-refractivity contribution in [2.75, 3.05) is 37.6 Å². The second-order valence-electron chi connectivity index (χ2n) is 5.86. The molecule has 0 atom stereocenters. The highest BCUT2D eigenvalue weighted by atomic mass is 16.2. The Hall–Kier alpha value is -2.18. The Kier molecular flexibility index (Phi) is 5.30. The van der Waals surface area contributed by atoms with Crippen LogP contribution >= 0.6 is 0 Å². The highest BCUT2D eigenvalue weighted by Gasteiger charge is 2.20. The summed E-state index contributed by atoms with van der Waals surface area (Å²) in [6, 6.07) is 1.71. The van der Waals surface area contributed by atoms with E-state index in [1.807, 2.05) is 18.7 Å². The predicted octanol–water partition coefficient (Wildman–Crippen LogP) is 0.531. The Labute approximate surface area is 130 Å². The number of piperazine rings is 1. The van der Waals surface area contributed by atoms with Crippen LogP contribution in [0.2, 0.25) is 0 Å². The molecule has 1 aliphatic heterocycles. The lowest BCUT2D eigenvalue weighted by molar-refractivity contribution is -0.129. The van der Waals surface area contributed by atoms with Crippen molar-refractivity contribution in [3.8, 4) is 0 Å². The highest BCUT2D eigenvalue weighted by molar-refractivity contribution is 5.92. The van der Waals surface area contributed by atoms with Crippen LogP contribution in [-0.4, -0.2) is 59.4 Å². The Bertz CT molecular complexity index is 538. The number of nitrogens with one attached hydrogen (secondary N) is 1. The average Bonchev–Trinajstić information content (AvgIpc) is 2.52. The van der Waals surface area contributed by atoms with E-state index in [4.69, 9.17) is 0 Å². The van der Waals surface area contributed by atoms with Gasteiger partial charge in [0, 0.05) is 45.7 Å². The molecule has 0 aromatic carbocycles. The van der Waals surface area contributed by atoms with E-state index in [-0.39, 0.29) is 11.8 Å². The molecule has 22 heavy (non-hydrogen) atoms. The molecule has 0 bridgehead atoms. The number of hydrogen-bond donors (Lipinski definition) is 1. The van der Waals surface area contributed by atoms with E-state index < -0.39 is 0 Å². The number of rotatable bonds is 4. The number of aromatic nitrogens is 2. The summed E-state index contributed by atoms with van der Waals surface area (Å²) in [7, 11) is 0. The van der Waals surface area contributed by atoms with Crippen molar-refractivity contribution in [3.05, 3.63) is 18.1 Å². The van der Waals surface area contributed by atoms with Crippen molar-refractivity contribution in [3.63, 3.8) is 0 Å². The van der Waals surface area contributed by atoms with Gasteiger partial charge >= 0.3 is 0 Å². The van der Waals surface area contributed by atoms with Crippen molar-refractivity contribution in [1.29, 1.82) is 0 Å². The van der Waals surface area contributed by atoms with Gasteiger partial charge < -0.3 is 15.1 Å². The lowest BCUT2D eigenvalue weighted by atomic mass is 10.2. The van der Waals surface area contributed by atoms with Gasteiger partial charge in [0.2, 0.25) is 5.91 Å².